The monoisotopic (exact) mass is 386 g/mol. The molecule has 2 aromatic rings. The van der Waals surface area contributed by atoms with E-state index in [4.69, 9.17) is 24.9 Å². The molecular weight excluding hydrogens is 352 g/mol. The van der Waals surface area contributed by atoms with Crippen LogP contribution in [0.5, 0.6) is 17.2 Å². The number of ether oxygens (including phenoxy) is 3. The number of rotatable bonds is 10. The highest BCUT2D eigenvalue weighted by atomic mass is 16.5. The van der Waals surface area contributed by atoms with Crippen LogP contribution in [0.3, 0.4) is 0 Å². The first-order valence-electron chi connectivity index (χ1n) is 10.2. The largest absolute Gasteiger partial charge is 0.496 e. The summed E-state index contributed by atoms with van der Waals surface area (Å²) in [6.07, 6.45) is 3.01. The van der Waals surface area contributed by atoms with Crippen molar-refractivity contribution in [3.63, 3.8) is 0 Å². The van der Waals surface area contributed by atoms with Crippen LogP contribution in [-0.2, 0) is 13.0 Å². The van der Waals surface area contributed by atoms with Crippen molar-refractivity contribution in [3.8, 4) is 28.5 Å². The number of aromatic nitrogens is 1. The average Bonchev–Trinajstić information content (AvgIpc) is 2.70. The van der Waals surface area contributed by atoms with Crippen LogP contribution in [0.2, 0.25) is 0 Å². The molecule has 28 heavy (non-hydrogen) atoms. The van der Waals surface area contributed by atoms with Gasteiger partial charge in [0.25, 0.3) is 0 Å². The summed E-state index contributed by atoms with van der Waals surface area (Å²) in [6, 6.07) is 7.95. The number of pyridine rings is 1. The molecule has 0 spiro atoms. The molecule has 0 bridgehead atoms. The van der Waals surface area contributed by atoms with Gasteiger partial charge in [0.1, 0.15) is 17.2 Å². The smallest absolute Gasteiger partial charge is 0.142 e. The summed E-state index contributed by atoms with van der Waals surface area (Å²) in [6.45, 7) is 10.7. The minimum atomic E-state index is 0.102. The molecule has 2 N–H and O–H groups in total. The van der Waals surface area contributed by atoms with E-state index in [2.05, 4.69) is 26.8 Å². The summed E-state index contributed by atoms with van der Waals surface area (Å²) in [5, 5.41) is 0. The quantitative estimate of drug-likeness (QED) is 0.613. The Labute approximate surface area is 169 Å². The van der Waals surface area contributed by atoms with E-state index in [1.165, 1.54) is 0 Å². The minimum absolute atomic E-state index is 0.102. The molecule has 0 saturated carbocycles. The SMILES string of the molecule is CCc1cc(OC(CC)CC)c(CN)nc1-c1ccc(OC(C)C)cc1OC. The molecule has 0 radical (unpaired) electrons. The van der Waals surface area contributed by atoms with Crippen LogP contribution in [0.15, 0.2) is 24.3 Å². The molecule has 154 valence electrons. The number of nitrogens with two attached hydrogens (primary N) is 1. The van der Waals surface area contributed by atoms with E-state index in [0.717, 1.165) is 59.0 Å². The highest BCUT2D eigenvalue weighted by Gasteiger charge is 2.18. The molecule has 5 nitrogen and oxygen atoms in total. The maximum Gasteiger partial charge on any atom is 0.142 e. The standard InChI is InChI=1S/C23H34N2O3/c1-7-16-12-22(28-17(8-2)9-3)20(14-24)25-23(16)19-11-10-18(27-15(4)5)13-21(19)26-6/h10-13,15,17H,7-9,14,24H2,1-6H3. The van der Waals surface area contributed by atoms with Crippen LogP contribution in [0.25, 0.3) is 11.3 Å². The fraction of sp³-hybridized carbons (Fsp3) is 0.522. The van der Waals surface area contributed by atoms with Crippen LogP contribution in [-0.4, -0.2) is 24.3 Å². The van der Waals surface area contributed by atoms with E-state index >= 15 is 0 Å². The first kappa shape index (κ1) is 22.0. The van der Waals surface area contributed by atoms with Gasteiger partial charge < -0.3 is 19.9 Å². The van der Waals surface area contributed by atoms with E-state index in [-0.39, 0.29) is 12.2 Å². The zero-order valence-electron chi connectivity index (χ0n) is 18.0. The molecule has 0 amide bonds. The summed E-state index contributed by atoms with van der Waals surface area (Å²) in [7, 11) is 1.66. The fourth-order valence-electron chi connectivity index (χ4n) is 3.17. The second-order valence-corrected chi connectivity index (χ2v) is 7.08. The number of hydrogen-bond donors (Lipinski definition) is 1. The topological polar surface area (TPSA) is 66.6 Å². The van der Waals surface area contributed by atoms with E-state index in [1.54, 1.807) is 7.11 Å². The third kappa shape index (κ3) is 5.16. The highest BCUT2D eigenvalue weighted by molar-refractivity contribution is 5.72. The van der Waals surface area contributed by atoms with E-state index in [1.807, 2.05) is 32.0 Å². The van der Waals surface area contributed by atoms with Gasteiger partial charge in [-0.05, 0) is 56.9 Å². The van der Waals surface area contributed by atoms with Gasteiger partial charge in [-0.15, -0.1) is 0 Å². The van der Waals surface area contributed by atoms with Gasteiger partial charge >= 0.3 is 0 Å². The Bertz CT molecular complexity index is 771. The Hall–Kier alpha value is -2.27. The van der Waals surface area contributed by atoms with Crippen LogP contribution >= 0.6 is 0 Å². The number of nitrogens with zero attached hydrogens (tertiary/aromatic N) is 1. The van der Waals surface area contributed by atoms with Gasteiger partial charge in [0.15, 0.2) is 0 Å². The van der Waals surface area contributed by atoms with Gasteiger partial charge in [-0.25, -0.2) is 4.98 Å². The number of benzene rings is 1. The summed E-state index contributed by atoms with van der Waals surface area (Å²) in [5.74, 6) is 2.30. The van der Waals surface area contributed by atoms with Crippen molar-refractivity contribution in [2.24, 2.45) is 5.73 Å². The summed E-state index contributed by atoms with van der Waals surface area (Å²) in [4.78, 5) is 4.88. The normalized spacial score (nSPS) is 11.2. The van der Waals surface area contributed by atoms with Gasteiger partial charge in [-0.1, -0.05) is 20.8 Å². The summed E-state index contributed by atoms with van der Waals surface area (Å²) < 4.78 is 17.6. The van der Waals surface area contributed by atoms with Gasteiger partial charge in [0, 0.05) is 18.2 Å². The Morgan fingerprint density at radius 1 is 1.00 bits per heavy atom. The molecule has 0 fully saturated rings. The van der Waals surface area contributed by atoms with Gasteiger partial charge in [-0.3, -0.25) is 0 Å². The third-order valence-electron chi connectivity index (χ3n) is 4.72. The molecule has 0 aliphatic rings. The number of methoxy groups -OCH3 is 1. The van der Waals surface area contributed by atoms with Crippen LogP contribution in [0, 0.1) is 0 Å². The lowest BCUT2D eigenvalue weighted by molar-refractivity contribution is 0.190. The lowest BCUT2D eigenvalue weighted by atomic mass is 10.0. The number of hydrogen-bond acceptors (Lipinski definition) is 5. The van der Waals surface area contributed by atoms with Crippen LogP contribution in [0.1, 0.15) is 58.7 Å². The van der Waals surface area contributed by atoms with E-state index < -0.39 is 0 Å². The molecule has 0 unspecified atom stereocenters. The maximum atomic E-state index is 6.19. The van der Waals surface area contributed by atoms with Crippen LogP contribution in [0.4, 0.5) is 0 Å². The van der Waals surface area contributed by atoms with Crippen LogP contribution < -0.4 is 19.9 Å². The molecule has 0 saturated heterocycles. The maximum absolute atomic E-state index is 6.19. The molecule has 0 aliphatic heterocycles. The average molecular weight is 387 g/mol. The minimum Gasteiger partial charge on any atom is -0.496 e. The third-order valence-corrected chi connectivity index (χ3v) is 4.72. The fourth-order valence-corrected chi connectivity index (χ4v) is 3.17. The molecule has 0 atom stereocenters. The molecule has 2 rings (SSSR count). The number of aryl methyl sites for hydroxylation is 1. The molecule has 1 aromatic heterocycles. The van der Waals surface area contributed by atoms with Gasteiger partial charge in [-0.2, -0.15) is 0 Å². The van der Waals surface area contributed by atoms with E-state index in [9.17, 15) is 0 Å². The zero-order chi connectivity index (χ0) is 20.7. The van der Waals surface area contributed by atoms with Crippen molar-refractivity contribution in [1.82, 2.24) is 4.98 Å². The second-order valence-electron chi connectivity index (χ2n) is 7.08. The lowest BCUT2D eigenvalue weighted by Gasteiger charge is -2.21. The van der Waals surface area contributed by atoms with Crippen molar-refractivity contribution in [2.75, 3.05) is 7.11 Å². The second kappa shape index (κ2) is 10.3. The van der Waals surface area contributed by atoms with Crippen molar-refractivity contribution in [1.29, 1.82) is 0 Å². The van der Waals surface area contributed by atoms with Gasteiger partial charge in [0.05, 0.1) is 30.7 Å². The molecule has 0 aliphatic carbocycles. The Morgan fingerprint density at radius 2 is 1.71 bits per heavy atom. The van der Waals surface area contributed by atoms with Crippen molar-refractivity contribution in [2.45, 2.75) is 72.6 Å². The Kier molecular flexibility index (Phi) is 8.12. The Morgan fingerprint density at radius 3 is 2.25 bits per heavy atom. The summed E-state index contributed by atoms with van der Waals surface area (Å²) >= 11 is 0. The molecular formula is C23H34N2O3. The zero-order valence-corrected chi connectivity index (χ0v) is 18.0. The van der Waals surface area contributed by atoms with Crippen molar-refractivity contribution in [3.05, 3.63) is 35.5 Å². The van der Waals surface area contributed by atoms with E-state index in [0.29, 0.717) is 6.54 Å². The predicted molar refractivity (Wildman–Crippen MR) is 114 cm³/mol. The molecule has 1 aromatic carbocycles. The predicted octanol–water partition coefficient (Wildman–Crippen LogP) is 5.13. The molecule has 1 heterocycles. The molecule has 5 heteroatoms. The lowest BCUT2D eigenvalue weighted by Crippen LogP contribution is -2.17. The van der Waals surface area contributed by atoms with Crippen molar-refractivity contribution < 1.29 is 14.2 Å². The highest BCUT2D eigenvalue weighted by Crippen LogP contribution is 2.37. The van der Waals surface area contributed by atoms with Gasteiger partial charge in [0.2, 0.25) is 0 Å². The Balaban J connectivity index is 2.53. The first-order chi connectivity index (χ1) is 13.5. The summed E-state index contributed by atoms with van der Waals surface area (Å²) in [5.41, 5.74) is 9.69. The van der Waals surface area contributed by atoms with Crippen molar-refractivity contribution >= 4 is 0 Å². The first-order valence-corrected chi connectivity index (χ1v) is 10.2.